The molecular weight excluding hydrogens is 348 g/mol. The Morgan fingerprint density at radius 1 is 1.50 bits per heavy atom. The molecule has 0 bridgehead atoms. The van der Waals surface area contributed by atoms with Gasteiger partial charge in [0.25, 0.3) is 0 Å². The summed E-state index contributed by atoms with van der Waals surface area (Å²) in [7, 11) is 0. The molecule has 1 heterocycles. The molecule has 8 heteroatoms. The zero-order chi connectivity index (χ0) is 18.1. The molecule has 0 unspecified atom stereocenters. The SMILES string of the molecule is C#C.C/C=C(\C(O)=C/CN=O)c1n[nH]c(=S)n1-c1ccccc1Cl. The van der Waals surface area contributed by atoms with Gasteiger partial charge in [-0.2, -0.15) is 10.0 Å². The molecule has 1 aromatic heterocycles. The van der Waals surface area contributed by atoms with E-state index in [9.17, 15) is 10.0 Å². The van der Waals surface area contributed by atoms with Crippen molar-refractivity contribution in [1.29, 1.82) is 0 Å². The van der Waals surface area contributed by atoms with E-state index in [1.807, 2.05) is 6.07 Å². The number of terminal acetylenes is 1. The van der Waals surface area contributed by atoms with Crippen molar-refractivity contribution in [2.45, 2.75) is 6.92 Å². The fourth-order valence-corrected chi connectivity index (χ4v) is 2.41. The number of nitrogens with one attached hydrogen (secondary N) is 1. The highest BCUT2D eigenvalue weighted by Crippen LogP contribution is 2.26. The van der Waals surface area contributed by atoms with Crippen LogP contribution in [0.5, 0.6) is 0 Å². The maximum atomic E-state index is 10.2. The van der Waals surface area contributed by atoms with Crippen molar-refractivity contribution in [2.24, 2.45) is 5.18 Å². The number of allylic oxidation sites excluding steroid dienone is 2. The lowest BCUT2D eigenvalue weighted by Gasteiger charge is -2.10. The second kappa shape index (κ2) is 9.45. The van der Waals surface area contributed by atoms with Crippen molar-refractivity contribution < 1.29 is 5.11 Å². The van der Waals surface area contributed by atoms with Gasteiger partial charge in [0.05, 0.1) is 16.3 Å². The van der Waals surface area contributed by atoms with E-state index in [0.29, 0.717) is 26.9 Å². The van der Waals surface area contributed by atoms with Gasteiger partial charge in [0, 0.05) is 0 Å². The lowest BCUT2D eigenvalue weighted by Crippen LogP contribution is -2.03. The molecule has 0 spiro atoms. The first-order chi connectivity index (χ1) is 11.6. The van der Waals surface area contributed by atoms with Gasteiger partial charge in [0.2, 0.25) is 0 Å². The molecule has 0 aliphatic carbocycles. The molecule has 1 aromatic carbocycles. The van der Waals surface area contributed by atoms with Crippen molar-refractivity contribution >= 4 is 29.4 Å². The van der Waals surface area contributed by atoms with E-state index < -0.39 is 0 Å². The van der Waals surface area contributed by atoms with E-state index in [4.69, 9.17) is 23.8 Å². The molecule has 0 saturated carbocycles. The number of nitroso groups, excluding NO2 is 1. The average molecular weight is 363 g/mol. The van der Waals surface area contributed by atoms with Crippen molar-refractivity contribution in [1.82, 2.24) is 14.8 Å². The standard InChI is InChI=1S/C14H13ClN4O2S.C2H2/c1-2-9(12(20)7-8-16-21)13-17-18-14(22)19(13)11-6-4-3-5-10(11)15;1-2/h2-7,20H,8H2,1H3,(H,18,22);1-2H/b9-2+,12-7+;. The van der Waals surface area contributed by atoms with Crippen LogP contribution in [-0.4, -0.2) is 26.4 Å². The van der Waals surface area contributed by atoms with Gasteiger partial charge in [-0.25, -0.2) is 0 Å². The largest absolute Gasteiger partial charge is 0.507 e. The van der Waals surface area contributed by atoms with Gasteiger partial charge in [0.15, 0.2) is 10.6 Å². The van der Waals surface area contributed by atoms with Gasteiger partial charge in [-0.3, -0.25) is 9.67 Å². The molecule has 0 saturated heterocycles. The number of hydrogen-bond donors (Lipinski definition) is 2. The summed E-state index contributed by atoms with van der Waals surface area (Å²) in [5, 5.41) is 20.1. The van der Waals surface area contributed by atoms with Gasteiger partial charge in [0.1, 0.15) is 12.3 Å². The van der Waals surface area contributed by atoms with Crippen molar-refractivity contribution in [3.63, 3.8) is 0 Å². The summed E-state index contributed by atoms with van der Waals surface area (Å²) >= 11 is 11.5. The summed E-state index contributed by atoms with van der Waals surface area (Å²) in [5.41, 5.74) is 1.05. The van der Waals surface area contributed by atoms with Crippen LogP contribution >= 0.6 is 23.8 Å². The Morgan fingerprint density at radius 2 is 2.17 bits per heavy atom. The van der Waals surface area contributed by atoms with Gasteiger partial charge < -0.3 is 5.11 Å². The monoisotopic (exact) mass is 362 g/mol. The lowest BCUT2D eigenvalue weighted by atomic mass is 10.1. The number of H-pyrrole nitrogens is 1. The molecule has 0 fully saturated rings. The number of benzene rings is 1. The van der Waals surface area contributed by atoms with Crippen LogP contribution < -0.4 is 0 Å². The average Bonchev–Trinajstić information content (AvgIpc) is 2.97. The van der Waals surface area contributed by atoms with Gasteiger partial charge in [-0.15, -0.1) is 12.8 Å². The van der Waals surface area contributed by atoms with Gasteiger partial charge in [-0.1, -0.05) is 35.0 Å². The van der Waals surface area contributed by atoms with E-state index in [1.54, 1.807) is 35.8 Å². The summed E-state index contributed by atoms with van der Waals surface area (Å²) in [5.74, 6) is 0.282. The molecule has 0 aliphatic heterocycles. The molecule has 2 rings (SSSR count). The topological polar surface area (TPSA) is 83.3 Å². The second-order valence-electron chi connectivity index (χ2n) is 4.24. The fraction of sp³-hybridized carbons (Fsp3) is 0.125. The molecule has 0 amide bonds. The molecule has 24 heavy (non-hydrogen) atoms. The predicted molar refractivity (Wildman–Crippen MR) is 98.7 cm³/mol. The highest BCUT2D eigenvalue weighted by Gasteiger charge is 2.17. The lowest BCUT2D eigenvalue weighted by molar-refractivity contribution is 0.435. The van der Waals surface area contributed by atoms with Crippen molar-refractivity contribution in [3.05, 3.63) is 62.7 Å². The number of aromatic amines is 1. The van der Waals surface area contributed by atoms with E-state index >= 15 is 0 Å². The predicted octanol–water partition coefficient (Wildman–Crippen LogP) is 4.44. The van der Waals surface area contributed by atoms with Gasteiger partial charge in [-0.05, 0) is 37.4 Å². The maximum absolute atomic E-state index is 10.2. The molecule has 0 radical (unpaired) electrons. The Balaban J connectivity index is 0.00000139. The van der Waals surface area contributed by atoms with Crippen LogP contribution in [0.4, 0.5) is 0 Å². The summed E-state index contributed by atoms with van der Waals surface area (Å²) in [6, 6.07) is 7.15. The Bertz CT molecular complexity index is 849. The summed E-state index contributed by atoms with van der Waals surface area (Å²) in [4.78, 5) is 10.2. The number of halogens is 1. The molecule has 0 aliphatic rings. The van der Waals surface area contributed by atoms with Gasteiger partial charge >= 0.3 is 0 Å². The van der Waals surface area contributed by atoms with Crippen LogP contribution in [0.1, 0.15) is 12.7 Å². The summed E-state index contributed by atoms with van der Waals surface area (Å²) in [6.07, 6.45) is 11.0. The van der Waals surface area contributed by atoms with Crippen LogP contribution in [0.25, 0.3) is 11.3 Å². The summed E-state index contributed by atoms with van der Waals surface area (Å²) in [6.45, 7) is 1.60. The van der Waals surface area contributed by atoms with Crippen LogP contribution in [0.15, 0.2) is 47.4 Å². The molecule has 0 atom stereocenters. The van der Waals surface area contributed by atoms with E-state index in [0.717, 1.165) is 0 Å². The minimum atomic E-state index is -0.138. The Kier molecular flexibility index (Phi) is 7.62. The van der Waals surface area contributed by atoms with Crippen LogP contribution in [0.3, 0.4) is 0 Å². The van der Waals surface area contributed by atoms with Crippen molar-refractivity contribution in [2.75, 3.05) is 6.54 Å². The third-order valence-corrected chi connectivity index (χ3v) is 3.52. The van der Waals surface area contributed by atoms with Crippen molar-refractivity contribution in [3.8, 4) is 18.5 Å². The smallest absolute Gasteiger partial charge is 0.200 e. The van der Waals surface area contributed by atoms with E-state index in [2.05, 4.69) is 28.2 Å². The number of rotatable bonds is 5. The number of aliphatic hydroxyl groups excluding tert-OH is 1. The first kappa shape index (κ1) is 19.4. The number of nitrogens with zero attached hydrogens (tertiary/aromatic N) is 3. The minimum Gasteiger partial charge on any atom is -0.507 e. The minimum absolute atomic E-state index is 0.107. The molecular formula is C16H15ClN4O2S. The third kappa shape index (κ3) is 4.19. The molecule has 6 nitrogen and oxygen atoms in total. The van der Waals surface area contributed by atoms with Crippen LogP contribution in [0.2, 0.25) is 5.02 Å². The Hall–Kier alpha value is -2.69. The first-order valence-corrected chi connectivity index (χ1v) is 7.49. The number of aliphatic hydroxyl groups is 1. The fourth-order valence-electron chi connectivity index (χ4n) is 1.96. The quantitative estimate of drug-likeness (QED) is 0.271. The maximum Gasteiger partial charge on any atom is 0.200 e. The first-order valence-electron chi connectivity index (χ1n) is 6.71. The highest BCUT2D eigenvalue weighted by molar-refractivity contribution is 7.71. The third-order valence-electron chi connectivity index (χ3n) is 2.93. The second-order valence-corrected chi connectivity index (χ2v) is 5.04. The molecule has 2 aromatic rings. The number of aromatic nitrogens is 3. The number of hydrogen-bond acceptors (Lipinski definition) is 5. The normalized spacial score (nSPS) is 11.5. The highest BCUT2D eigenvalue weighted by atomic mass is 35.5. The van der Waals surface area contributed by atoms with Crippen LogP contribution in [0, 0.1) is 22.5 Å². The van der Waals surface area contributed by atoms with E-state index in [-0.39, 0.29) is 12.3 Å². The van der Waals surface area contributed by atoms with E-state index in [1.165, 1.54) is 6.08 Å². The zero-order valence-corrected chi connectivity index (χ0v) is 14.4. The van der Waals surface area contributed by atoms with Crippen LogP contribution in [-0.2, 0) is 0 Å². The zero-order valence-electron chi connectivity index (χ0n) is 12.8. The molecule has 124 valence electrons. The molecule has 2 N–H and O–H groups in total. The number of para-hydroxylation sites is 1. The Labute approximate surface area is 149 Å². The summed E-state index contributed by atoms with van der Waals surface area (Å²) < 4.78 is 1.95. The Morgan fingerprint density at radius 3 is 2.75 bits per heavy atom.